The van der Waals surface area contributed by atoms with E-state index in [1.165, 1.54) is 37.0 Å². The number of rotatable bonds is 4. The summed E-state index contributed by atoms with van der Waals surface area (Å²) in [5.41, 5.74) is 3.15. The molecule has 1 saturated heterocycles. The van der Waals surface area contributed by atoms with Gasteiger partial charge in [0.05, 0.1) is 5.52 Å². The fourth-order valence-electron chi connectivity index (χ4n) is 3.39. The number of halogens is 1. The lowest BCUT2D eigenvalue weighted by Crippen LogP contribution is -2.31. The molecule has 0 amide bonds. The number of nitrogens with one attached hydrogen (secondary N) is 1. The maximum atomic E-state index is 13.1. The van der Waals surface area contributed by atoms with Crippen LogP contribution in [0.2, 0.25) is 0 Å². The second-order valence-corrected chi connectivity index (χ2v) is 6.92. The standard InChI is InChI=1S/C21H23FN4/c1-15-5-10-19-18(13-15)20(23-14-16-6-8-17(22)9-7-16)25-21(24-19)26-11-3-2-4-12-26/h5-10,13H,2-4,11-12,14H2,1H3,(H,23,24,25). The van der Waals surface area contributed by atoms with Crippen LogP contribution >= 0.6 is 0 Å². The van der Waals surface area contributed by atoms with Crippen LogP contribution in [0.3, 0.4) is 0 Å². The van der Waals surface area contributed by atoms with Gasteiger partial charge in [-0.15, -0.1) is 0 Å². The van der Waals surface area contributed by atoms with Gasteiger partial charge in [0.1, 0.15) is 11.6 Å². The molecule has 0 bridgehead atoms. The number of aryl methyl sites for hydroxylation is 1. The minimum Gasteiger partial charge on any atom is -0.365 e. The van der Waals surface area contributed by atoms with Gasteiger partial charge >= 0.3 is 0 Å². The molecule has 4 nitrogen and oxygen atoms in total. The quantitative estimate of drug-likeness (QED) is 0.742. The van der Waals surface area contributed by atoms with E-state index in [1.807, 2.05) is 0 Å². The summed E-state index contributed by atoms with van der Waals surface area (Å²) in [5, 5.41) is 4.45. The highest BCUT2D eigenvalue weighted by molar-refractivity contribution is 5.90. The number of hydrogen-bond acceptors (Lipinski definition) is 4. The Labute approximate surface area is 153 Å². The Balaban J connectivity index is 1.67. The third-order valence-electron chi connectivity index (χ3n) is 4.85. The number of hydrogen-bond donors (Lipinski definition) is 1. The van der Waals surface area contributed by atoms with E-state index < -0.39 is 0 Å². The van der Waals surface area contributed by atoms with Crippen LogP contribution in [0.4, 0.5) is 16.2 Å². The fourth-order valence-corrected chi connectivity index (χ4v) is 3.39. The average molecular weight is 350 g/mol. The molecule has 1 fully saturated rings. The number of nitrogens with zero attached hydrogens (tertiary/aromatic N) is 3. The lowest BCUT2D eigenvalue weighted by Gasteiger charge is -2.27. The maximum Gasteiger partial charge on any atom is 0.227 e. The minimum absolute atomic E-state index is 0.218. The Hall–Kier alpha value is -2.69. The highest BCUT2D eigenvalue weighted by Gasteiger charge is 2.16. The van der Waals surface area contributed by atoms with Crippen LogP contribution in [0.15, 0.2) is 42.5 Å². The number of piperidine rings is 1. The summed E-state index contributed by atoms with van der Waals surface area (Å²) in [5.74, 6) is 1.41. The van der Waals surface area contributed by atoms with Crippen LogP contribution in [0, 0.1) is 12.7 Å². The van der Waals surface area contributed by atoms with Gasteiger partial charge in [-0.3, -0.25) is 0 Å². The van der Waals surface area contributed by atoms with Crippen LogP contribution in [0.25, 0.3) is 10.9 Å². The van der Waals surface area contributed by atoms with Crippen molar-refractivity contribution in [2.45, 2.75) is 32.7 Å². The Morgan fingerprint density at radius 3 is 2.54 bits per heavy atom. The molecule has 0 atom stereocenters. The second kappa shape index (κ2) is 7.28. The summed E-state index contributed by atoms with van der Waals surface area (Å²) >= 11 is 0. The van der Waals surface area contributed by atoms with E-state index in [-0.39, 0.29) is 5.82 Å². The third-order valence-corrected chi connectivity index (χ3v) is 4.85. The average Bonchev–Trinajstić information content (AvgIpc) is 2.68. The predicted molar refractivity (Wildman–Crippen MR) is 104 cm³/mol. The molecule has 5 heteroatoms. The van der Waals surface area contributed by atoms with Crippen LogP contribution in [0.5, 0.6) is 0 Å². The number of benzene rings is 2. The number of fused-ring (bicyclic) bond motifs is 1. The molecule has 0 spiro atoms. The molecule has 2 heterocycles. The van der Waals surface area contributed by atoms with Gasteiger partial charge in [0, 0.05) is 25.0 Å². The van der Waals surface area contributed by atoms with Crippen LogP contribution in [-0.4, -0.2) is 23.1 Å². The molecule has 26 heavy (non-hydrogen) atoms. The summed E-state index contributed by atoms with van der Waals surface area (Å²) in [6, 6.07) is 12.8. The van der Waals surface area contributed by atoms with Crippen molar-refractivity contribution in [3.8, 4) is 0 Å². The Morgan fingerprint density at radius 1 is 1.00 bits per heavy atom. The third kappa shape index (κ3) is 3.62. The SMILES string of the molecule is Cc1ccc2nc(N3CCCCC3)nc(NCc3ccc(F)cc3)c2c1. The normalized spacial score (nSPS) is 14.6. The Kier molecular flexibility index (Phi) is 4.69. The molecule has 1 aromatic heterocycles. The van der Waals surface area contributed by atoms with Crippen molar-refractivity contribution in [2.24, 2.45) is 0 Å². The van der Waals surface area contributed by atoms with E-state index in [2.05, 4.69) is 35.3 Å². The molecule has 0 aliphatic carbocycles. The van der Waals surface area contributed by atoms with Crippen molar-refractivity contribution < 1.29 is 4.39 Å². The van der Waals surface area contributed by atoms with E-state index in [1.54, 1.807) is 12.1 Å². The highest BCUT2D eigenvalue weighted by atomic mass is 19.1. The van der Waals surface area contributed by atoms with E-state index in [4.69, 9.17) is 9.97 Å². The first-order valence-corrected chi connectivity index (χ1v) is 9.21. The Bertz CT molecular complexity index is 902. The maximum absolute atomic E-state index is 13.1. The topological polar surface area (TPSA) is 41.1 Å². The second-order valence-electron chi connectivity index (χ2n) is 6.92. The number of aromatic nitrogens is 2. The predicted octanol–water partition coefficient (Wildman–Crippen LogP) is 4.68. The van der Waals surface area contributed by atoms with Gasteiger partial charge in [0.2, 0.25) is 5.95 Å². The van der Waals surface area contributed by atoms with Crippen LogP contribution in [0.1, 0.15) is 30.4 Å². The van der Waals surface area contributed by atoms with Crippen molar-refractivity contribution in [1.29, 1.82) is 0 Å². The first kappa shape index (κ1) is 16.8. The molecule has 0 saturated carbocycles. The van der Waals surface area contributed by atoms with Gasteiger partial charge in [0.15, 0.2) is 0 Å². The summed E-state index contributed by atoms with van der Waals surface area (Å²) in [4.78, 5) is 11.9. The van der Waals surface area contributed by atoms with E-state index in [0.717, 1.165) is 41.3 Å². The lowest BCUT2D eigenvalue weighted by molar-refractivity contribution is 0.569. The molecule has 0 radical (unpaired) electrons. The molecule has 2 aromatic carbocycles. The zero-order valence-electron chi connectivity index (χ0n) is 15.0. The van der Waals surface area contributed by atoms with Crippen LogP contribution < -0.4 is 10.2 Å². The van der Waals surface area contributed by atoms with E-state index in [0.29, 0.717) is 6.54 Å². The van der Waals surface area contributed by atoms with Gasteiger partial charge < -0.3 is 10.2 Å². The molecule has 1 aliphatic heterocycles. The highest BCUT2D eigenvalue weighted by Crippen LogP contribution is 2.26. The van der Waals surface area contributed by atoms with Gasteiger partial charge in [-0.05, 0) is 56.0 Å². The van der Waals surface area contributed by atoms with Gasteiger partial charge in [0.25, 0.3) is 0 Å². The lowest BCUT2D eigenvalue weighted by atomic mass is 10.1. The molecule has 134 valence electrons. The van der Waals surface area contributed by atoms with Gasteiger partial charge in [-0.2, -0.15) is 4.98 Å². The van der Waals surface area contributed by atoms with Crippen molar-refractivity contribution >= 4 is 22.7 Å². The fraction of sp³-hybridized carbons (Fsp3) is 0.333. The monoisotopic (exact) mass is 350 g/mol. The molecular weight excluding hydrogens is 327 g/mol. The molecule has 0 unspecified atom stereocenters. The van der Waals surface area contributed by atoms with Crippen molar-refractivity contribution in [2.75, 3.05) is 23.3 Å². The Morgan fingerprint density at radius 2 is 1.77 bits per heavy atom. The molecule has 3 aromatic rings. The van der Waals surface area contributed by atoms with E-state index >= 15 is 0 Å². The zero-order chi connectivity index (χ0) is 17.9. The van der Waals surface area contributed by atoms with Crippen molar-refractivity contribution in [3.63, 3.8) is 0 Å². The van der Waals surface area contributed by atoms with Gasteiger partial charge in [-0.25, -0.2) is 9.37 Å². The summed E-state index contributed by atoms with van der Waals surface area (Å²) in [6.45, 7) is 4.69. The zero-order valence-corrected chi connectivity index (χ0v) is 15.0. The van der Waals surface area contributed by atoms with E-state index in [9.17, 15) is 4.39 Å². The first-order chi connectivity index (χ1) is 12.7. The molecule has 4 rings (SSSR count). The first-order valence-electron chi connectivity index (χ1n) is 9.21. The van der Waals surface area contributed by atoms with Crippen molar-refractivity contribution in [3.05, 3.63) is 59.4 Å². The summed E-state index contributed by atoms with van der Waals surface area (Å²) in [6.07, 6.45) is 3.65. The molecule has 1 aliphatic rings. The van der Waals surface area contributed by atoms with Gasteiger partial charge in [-0.1, -0.05) is 23.8 Å². The summed E-state index contributed by atoms with van der Waals surface area (Å²) < 4.78 is 13.1. The minimum atomic E-state index is -0.218. The van der Waals surface area contributed by atoms with Crippen molar-refractivity contribution in [1.82, 2.24) is 9.97 Å². The largest absolute Gasteiger partial charge is 0.365 e. The summed E-state index contributed by atoms with van der Waals surface area (Å²) in [7, 11) is 0. The molecular formula is C21H23FN4. The number of anilines is 2. The smallest absolute Gasteiger partial charge is 0.227 e. The van der Waals surface area contributed by atoms with Crippen LogP contribution in [-0.2, 0) is 6.54 Å². The molecule has 1 N–H and O–H groups in total.